The molecule has 0 radical (unpaired) electrons. The van der Waals surface area contributed by atoms with Crippen LogP contribution in [0.15, 0.2) is 66.7 Å². The third-order valence-electron chi connectivity index (χ3n) is 7.26. The van der Waals surface area contributed by atoms with Crippen molar-refractivity contribution in [3.05, 3.63) is 83.4 Å². The van der Waals surface area contributed by atoms with Gasteiger partial charge in [0, 0.05) is 17.3 Å². The van der Waals surface area contributed by atoms with Crippen LogP contribution in [-0.2, 0) is 4.79 Å². The van der Waals surface area contributed by atoms with E-state index in [0.717, 1.165) is 31.2 Å². The second kappa shape index (κ2) is 11.2. The third-order valence-corrected chi connectivity index (χ3v) is 7.26. The van der Waals surface area contributed by atoms with E-state index < -0.39 is 6.04 Å². The summed E-state index contributed by atoms with van der Waals surface area (Å²) < 4.78 is 11.4. The van der Waals surface area contributed by atoms with Crippen molar-refractivity contribution in [3.63, 3.8) is 0 Å². The van der Waals surface area contributed by atoms with Gasteiger partial charge in [0.05, 0.1) is 0 Å². The fourth-order valence-corrected chi connectivity index (χ4v) is 5.14. The van der Waals surface area contributed by atoms with Crippen molar-refractivity contribution >= 4 is 17.5 Å². The fourth-order valence-electron chi connectivity index (χ4n) is 5.14. The zero-order chi connectivity index (χ0) is 26.6. The molecule has 2 N–H and O–H groups in total. The van der Waals surface area contributed by atoms with E-state index in [1.54, 1.807) is 47.4 Å². The summed E-state index contributed by atoms with van der Waals surface area (Å²) in [6.07, 6.45) is 4.00. The molecule has 5 rings (SSSR count). The molecular formula is C31H34N2O5. The monoisotopic (exact) mass is 514 g/mol. The lowest BCUT2D eigenvalue weighted by molar-refractivity contribution is -0.123. The molecule has 2 aliphatic rings. The van der Waals surface area contributed by atoms with Crippen molar-refractivity contribution in [1.82, 2.24) is 5.32 Å². The molecule has 0 aromatic heterocycles. The maximum absolute atomic E-state index is 14.3. The summed E-state index contributed by atoms with van der Waals surface area (Å²) in [4.78, 5) is 29.8. The zero-order valence-electron chi connectivity index (χ0n) is 21.9. The fraction of sp³-hybridized carbons (Fsp3) is 0.355. The molecule has 0 bridgehead atoms. The van der Waals surface area contributed by atoms with Gasteiger partial charge in [-0.2, -0.15) is 0 Å². The normalized spacial score (nSPS) is 15.8. The minimum Gasteiger partial charge on any atom is -0.508 e. The van der Waals surface area contributed by atoms with Gasteiger partial charge in [-0.3, -0.25) is 14.5 Å². The van der Waals surface area contributed by atoms with Crippen LogP contribution in [0.1, 0.15) is 73.0 Å². The lowest BCUT2D eigenvalue weighted by atomic mass is 9.99. The molecule has 3 aromatic carbocycles. The molecule has 1 aliphatic heterocycles. The number of ether oxygens (including phenoxy) is 2. The number of fused-ring (bicyclic) bond motifs is 1. The number of hydrogen-bond donors (Lipinski definition) is 2. The maximum Gasteiger partial charge on any atom is 0.259 e. The van der Waals surface area contributed by atoms with Gasteiger partial charge >= 0.3 is 0 Å². The van der Waals surface area contributed by atoms with Crippen LogP contribution in [-0.4, -0.2) is 36.2 Å². The summed E-state index contributed by atoms with van der Waals surface area (Å²) in [5.74, 6) is 0.933. The van der Waals surface area contributed by atoms with Crippen molar-refractivity contribution in [1.29, 1.82) is 0 Å². The number of anilines is 1. The predicted octanol–water partition coefficient (Wildman–Crippen LogP) is 5.73. The number of nitrogens with one attached hydrogen (secondary N) is 1. The minimum absolute atomic E-state index is 0.0803. The summed E-state index contributed by atoms with van der Waals surface area (Å²) in [5, 5.41) is 13.1. The lowest BCUT2D eigenvalue weighted by Crippen LogP contribution is -2.46. The number of hydrogen-bond acceptors (Lipinski definition) is 5. The van der Waals surface area contributed by atoms with Crippen molar-refractivity contribution < 1.29 is 24.2 Å². The quantitative estimate of drug-likeness (QED) is 0.420. The maximum atomic E-state index is 14.3. The SMILES string of the molecule is CC(C)c1ccc(N(C(=O)c2ccc3c(c2)OCCO3)C(C(=O)NC2CCCC2)c2ccc(O)cc2)cc1. The molecular weight excluding hydrogens is 480 g/mol. The van der Waals surface area contributed by atoms with E-state index in [2.05, 4.69) is 19.2 Å². The van der Waals surface area contributed by atoms with Crippen LogP contribution in [0, 0.1) is 0 Å². The molecule has 3 aromatic rings. The number of aromatic hydroxyl groups is 1. The van der Waals surface area contributed by atoms with E-state index in [9.17, 15) is 14.7 Å². The minimum atomic E-state index is -0.943. The smallest absolute Gasteiger partial charge is 0.259 e. The average molecular weight is 515 g/mol. The second-order valence-corrected chi connectivity index (χ2v) is 10.3. The number of nitrogens with zero attached hydrogens (tertiary/aromatic N) is 1. The van der Waals surface area contributed by atoms with E-state index in [0.29, 0.717) is 47.4 Å². The number of amides is 2. The van der Waals surface area contributed by atoms with E-state index in [-0.39, 0.29) is 23.6 Å². The van der Waals surface area contributed by atoms with Gasteiger partial charge in [-0.15, -0.1) is 0 Å². The first-order valence-electron chi connectivity index (χ1n) is 13.3. The summed E-state index contributed by atoms with van der Waals surface area (Å²) >= 11 is 0. The number of benzene rings is 3. The highest BCUT2D eigenvalue weighted by Gasteiger charge is 2.35. The lowest BCUT2D eigenvalue weighted by Gasteiger charge is -2.33. The van der Waals surface area contributed by atoms with E-state index in [4.69, 9.17) is 9.47 Å². The van der Waals surface area contributed by atoms with Crippen LogP contribution >= 0.6 is 0 Å². The predicted molar refractivity (Wildman–Crippen MR) is 146 cm³/mol. The summed E-state index contributed by atoms with van der Waals surface area (Å²) in [6, 6.07) is 18.5. The van der Waals surface area contributed by atoms with Crippen LogP contribution < -0.4 is 19.7 Å². The number of phenols is 1. The molecule has 198 valence electrons. The Morgan fingerprint density at radius 2 is 1.50 bits per heavy atom. The van der Waals surface area contributed by atoms with Gasteiger partial charge in [0.1, 0.15) is 25.0 Å². The van der Waals surface area contributed by atoms with Crippen LogP contribution in [0.5, 0.6) is 17.2 Å². The summed E-state index contributed by atoms with van der Waals surface area (Å²) in [6.45, 7) is 5.09. The van der Waals surface area contributed by atoms with E-state index in [1.807, 2.05) is 24.3 Å². The Labute approximate surface area is 223 Å². The highest BCUT2D eigenvalue weighted by molar-refractivity contribution is 6.10. The second-order valence-electron chi connectivity index (χ2n) is 10.3. The van der Waals surface area contributed by atoms with Gasteiger partial charge in [0.15, 0.2) is 11.5 Å². The molecule has 0 saturated heterocycles. The van der Waals surface area contributed by atoms with Gasteiger partial charge in [-0.05, 0) is 72.4 Å². The van der Waals surface area contributed by atoms with E-state index >= 15 is 0 Å². The van der Waals surface area contributed by atoms with Gasteiger partial charge in [-0.1, -0.05) is 51.0 Å². The summed E-state index contributed by atoms with van der Waals surface area (Å²) in [5.41, 5.74) is 2.74. The molecule has 7 heteroatoms. The van der Waals surface area contributed by atoms with Crippen molar-refractivity contribution in [2.24, 2.45) is 0 Å². The Kier molecular flexibility index (Phi) is 7.54. The van der Waals surface area contributed by atoms with Crippen molar-refractivity contribution in [3.8, 4) is 17.2 Å². The molecule has 7 nitrogen and oxygen atoms in total. The van der Waals surface area contributed by atoms with Crippen LogP contribution in [0.25, 0.3) is 0 Å². The Morgan fingerprint density at radius 1 is 0.868 bits per heavy atom. The average Bonchev–Trinajstić information content (AvgIpc) is 3.45. The third kappa shape index (κ3) is 5.47. The Morgan fingerprint density at radius 3 is 2.16 bits per heavy atom. The highest BCUT2D eigenvalue weighted by atomic mass is 16.6. The summed E-state index contributed by atoms with van der Waals surface area (Å²) in [7, 11) is 0. The molecule has 0 spiro atoms. The van der Waals surface area contributed by atoms with Crippen LogP contribution in [0.4, 0.5) is 5.69 Å². The molecule has 1 atom stereocenters. The van der Waals surface area contributed by atoms with Gasteiger partial charge in [0.2, 0.25) is 5.91 Å². The molecule has 2 amide bonds. The number of carbonyl (C=O) groups is 2. The van der Waals surface area contributed by atoms with Gasteiger partial charge < -0.3 is 19.9 Å². The van der Waals surface area contributed by atoms with Crippen LogP contribution in [0.2, 0.25) is 0 Å². The van der Waals surface area contributed by atoms with Gasteiger partial charge in [0.25, 0.3) is 5.91 Å². The molecule has 1 unspecified atom stereocenters. The zero-order valence-corrected chi connectivity index (χ0v) is 21.9. The molecule has 38 heavy (non-hydrogen) atoms. The Bertz CT molecular complexity index is 1280. The highest BCUT2D eigenvalue weighted by Crippen LogP contribution is 2.35. The molecule has 1 aliphatic carbocycles. The Balaban J connectivity index is 1.60. The number of rotatable bonds is 7. The number of carbonyl (C=O) groups excluding carboxylic acids is 2. The number of phenolic OH excluding ortho intramolecular Hbond substituents is 1. The standard InChI is InChI=1S/C31H34N2O5/c1-20(2)21-7-12-25(13-8-21)33(31(36)23-11-16-27-28(19-23)38-18-17-37-27)29(22-9-14-26(34)15-10-22)30(35)32-24-5-3-4-6-24/h7-16,19-20,24,29,34H,3-6,17-18H2,1-2H3,(H,32,35). The topological polar surface area (TPSA) is 88.1 Å². The Hall–Kier alpha value is -4.00. The van der Waals surface area contributed by atoms with Crippen LogP contribution in [0.3, 0.4) is 0 Å². The van der Waals surface area contributed by atoms with Crippen molar-refractivity contribution in [2.45, 2.75) is 57.5 Å². The van der Waals surface area contributed by atoms with Gasteiger partial charge in [-0.25, -0.2) is 0 Å². The first-order chi connectivity index (χ1) is 18.4. The first-order valence-corrected chi connectivity index (χ1v) is 13.3. The molecule has 1 saturated carbocycles. The first kappa shape index (κ1) is 25.6. The van der Waals surface area contributed by atoms with E-state index in [1.165, 1.54) is 0 Å². The largest absolute Gasteiger partial charge is 0.508 e. The molecule has 1 heterocycles. The molecule has 1 fully saturated rings. The van der Waals surface area contributed by atoms with Crippen molar-refractivity contribution in [2.75, 3.05) is 18.1 Å².